The molecule has 0 bridgehead atoms. The molecule has 0 nitrogen and oxygen atoms in total. The van der Waals surface area contributed by atoms with E-state index in [0.717, 1.165) is 11.8 Å². The molecule has 1 heteroatoms. The topological polar surface area (TPSA) is 0 Å². The first-order chi connectivity index (χ1) is 5.95. The third-order valence-corrected chi connectivity index (χ3v) is 16.5. The zero-order valence-corrected chi connectivity index (χ0v) is 12.6. The molecule has 0 atom stereocenters. The van der Waals surface area contributed by atoms with E-state index in [0.29, 0.717) is 0 Å². The Balaban J connectivity index is 4.30. The Morgan fingerprint density at radius 3 is 1.23 bits per heavy atom. The minimum absolute atomic E-state index is 0.929. The number of hydrogen-bond acceptors (Lipinski definition) is 0. The molecule has 0 aliphatic rings. The number of hydrogen-bond donors (Lipinski definition) is 0. The number of rotatable bonds is 6. The molecule has 0 fully saturated rings. The maximum atomic E-state index is 2.44. The van der Waals surface area contributed by atoms with E-state index in [4.69, 9.17) is 0 Å². The van der Waals surface area contributed by atoms with E-state index in [1.165, 1.54) is 10.5 Å². The standard InChI is InChI=1S/C12H28Ge/c1-7-13(8-2,9-11(3)4)10-12(5)6/h11-12H,7-10H2,1-6H3. The summed E-state index contributed by atoms with van der Waals surface area (Å²) < 4.78 is 0. The van der Waals surface area contributed by atoms with Gasteiger partial charge in [-0.15, -0.1) is 0 Å². The van der Waals surface area contributed by atoms with Crippen LogP contribution in [0, 0.1) is 11.8 Å². The van der Waals surface area contributed by atoms with Crippen LogP contribution >= 0.6 is 0 Å². The zero-order valence-electron chi connectivity index (χ0n) is 10.5. The first kappa shape index (κ1) is 13.5. The Morgan fingerprint density at radius 2 is 1.08 bits per heavy atom. The summed E-state index contributed by atoms with van der Waals surface area (Å²) in [5.74, 6) is 1.86. The average molecular weight is 245 g/mol. The summed E-state index contributed by atoms with van der Waals surface area (Å²) in [6.07, 6.45) is 0. The van der Waals surface area contributed by atoms with Gasteiger partial charge in [-0.3, -0.25) is 0 Å². The predicted octanol–water partition coefficient (Wildman–Crippen LogP) is 4.79. The van der Waals surface area contributed by atoms with Crippen LogP contribution in [0.3, 0.4) is 0 Å². The van der Waals surface area contributed by atoms with E-state index in [-0.39, 0.29) is 0 Å². The minimum atomic E-state index is -1.39. The van der Waals surface area contributed by atoms with Crippen molar-refractivity contribution in [3.05, 3.63) is 0 Å². The molecule has 0 aromatic rings. The fraction of sp³-hybridized carbons (Fsp3) is 1.00. The van der Waals surface area contributed by atoms with Crippen molar-refractivity contribution in [3.8, 4) is 0 Å². The third kappa shape index (κ3) is 5.09. The van der Waals surface area contributed by atoms with Crippen LogP contribution < -0.4 is 0 Å². The van der Waals surface area contributed by atoms with Gasteiger partial charge in [-0.05, 0) is 0 Å². The summed E-state index contributed by atoms with van der Waals surface area (Å²) in [6.45, 7) is 14.5. The van der Waals surface area contributed by atoms with Gasteiger partial charge in [0.05, 0.1) is 0 Å². The van der Waals surface area contributed by atoms with Crippen molar-refractivity contribution in [1.82, 2.24) is 0 Å². The van der Waals surface area contributed by atoms with E-state index >= 15 is 0 Å². The molecule has 0 spiro atoms. The molecule has 13 heavy (non-hydrogen) atoms. The molecule has 0 aliphatic carbocycles. The molecule has 0 aromatic heterocycles. The summed E-state index contributed by atoms with van der Waals surface area (Å²) >= 11 is -1.39. The normalized spacial score (nSPS) is 12.9. The van der Waals surface area contributed by atoms with Gasteiger partial charge in [0.15, 0.2) is 0 Å². The Kier molecular flexibility index (Phi) is 6.36. The zero-order chi connectivity index (χ0) is 10.5. The van der Waals surface area contributed by atoms with Crippen LogP contribution in [0.25, 0.3) is 0 Å². The fourth-order valence-corrected chi connectivity index (χ4v) is 13.7. The van der Waals surface area contributed by atoms with Crippen LogP contribution in [0.2, 0.25) is 21.0 Å². The van der Waals surface area contributed by atoms with Crippen molar-refractivity contribution in [2.24, 2.45) is 11.8 Å². The monoisotopic (exact) mass is 246 g/mol. The van der Waals surface area contributed by atoms with Gasteiger partial charge in [0.1, 0.15) is 0 Å². The van der Waals surface area contributed by atoms with Gasteiger partial charge in [-0.1, -0.05) is 0 Å². The van der Waals surface area contributed by atoms with E-state index in [9.17, 15) is 0 Å². The van der Waals surface area contributed by atoms with Crippen LogP contribution in [-0.4, -0.2) is 13.3 Å². The predicted molar refractivity (Wildman–Crippen MR) is 66.0 cm³/mol. The average Bonchev–Trinajstić information content (AvgIpc) is 2.01. The van der Waals surface area contributed by atoms with Gasteiger partial charge >= 0.3 is 87.7 Å². The van der Waals surface area contributed by atoms with Gasteiger partial charge in [-0.2, -0.15) is 0 Å². The van der Waals surface area contributed by atoms with E-state index in [1.807, 2.05) is 0 Å². The molecule has 0 saturated carbocycles. The summed E-state index contributed by atoms with van der Waals surface area (Å²) in [7, 11) is 0. The van der Waals surface area contributed by atoms with Crippen LogP contribution in [0.5, 0.6) is 0 Å². The molecule has 0 aromatic carbocycles. The second-order valence-corrected chi connectivity index (χ2v) is 16.4. The second kappa shape index (κ2) is 6.11. The molecule has 0 amide bonds. The Labute approximate surface area is 87.9 Å². The molecule has 0 heterocycles. The molecule has 0 aliphatic heterocycles. The molecule has 0 N–H and O–H groups in total. The Morgan fingerprint density at radius 1 is 0.769 bits per heavy atom. The van der Waals surface area contributed by atoms with Crippen LogP contribution in [0.15, 0.2) is 0 Å². The maximum absolute atomic E-state index is 2.44. The Bertz CT molecular complexity index is 111. The van der Waals surface area contributed by atoms with E-state index in [1.54, 1.807) is 10.5 Å². The van der Waals surface area contributed by atoms with Gasteiger partial charge in [-0.25, -0.2) is 0 Å². The SMILES string of the molecule is C[CH2][Ge]([CH2]C)([CH2]C(C)C)[CH2]C(C)C. The molecule has 0 radical (unpaired) electrons. The van der Waals surface area contributed by atoms with Gasteiger partial charge < -0.3 is 0 Å². The van der Waals surface area contributed by atoms with Crippen molar-refractivity contribution in [1.29, 1.82) is 0 Å². The summed E-state index contributed by atoms with van der Waals surface area (Å²) in [6, 6.07) is 0. The molecule has 80 valence electrons. The van der Waals surface area contributed by atoms with Crippen LogP contribution in [0.4, 0.5) is 0 Å². The fourth-order valence-electron chi connectivity index (χ4n) is 2.64. The van der Waals surface area contributed by atoms with Gasteiger partial charge in [0, 0.05) is 0 Å². The first-order valence-corrected chi connectivity index (χ1v) is 11.9. The molecule has 0 saturated heterocycles. The van der Waals surface area contributed by atoms with Gasteiger partial charge in [0.2, 0.25) is 0 Å². The summed E-state index contributed by atoms with van der Waals surface area (Å²) in [5.41, 5.74) is 0. The summed E-state index contributed by atoms with van der Waals surface area (Å²) in [4.78, 5) is 0. The van der Waals surface area contributed by atoms with Crippen molar-refractivity contribution in [2.45, 2.75) is 62.6 Å². The Hall–Kier alpha value is 0.543. The van der Waals surface area contributed by atoms with Gasteiger partial charge in [0.25, 0.3) is 0 Å². The molecular formula is C12H28Ge. The quantitative estimate of drug-likeness (QED) is 0.590. The van der Waals surface area contributed by atoms with Crippen molar-refractivity contribution >= 4 is 13.3 Å². The van der Waals surface area contributed by atoms with Crippen molar-refractivity contribution < 1.29 is 0 Å². The van der Waals surface area contributed by atoms with Crippen LogP contribution in [0.1, 0.15) is 41.5 Å². The summed E-state index contributed by atoms with van der Waals surface area (Å²) in [5, 5.41) is 6.25. The van der Waals surface area contributed by atoms with Crippen molar-refractivity contribution in [2.75, 3.05) is 0 Å². The van der Waals surface area contributed by atoms with Crippen LogP contribution in [-0.2, 0) is 0 Å². The van der Waals surface area contributed by atoms with E-state index < -0.39 is 13.3 Å². The molecular weight excluding hydrogens is 217 g/mol. The first-order valence-electron chi connectivity index (χ1n) is 5.95. The van der Waals surface area contributed by atoms with Crippen molar-refractivity contribution in [3.63, 3.8) is 0 Å². The third-order valence-electron chi connectivity index (χ3n) is 3.18. The molecule has 0 rings (SSSR count). The molecule has 0 unspecified atom stereocenters. The van der Waals surface area contributed by atoms with E-state index in [2.05, 4.69) is 41.5 Å². The second-order valence-electron chi connectivity index (χ2n) is 5.40.